The van der Waals surface area contributed by atoms with Crippen molar-refractivity contribution < 1.29 is 17.9 Å². The summed E-state index contributed by atoms with van der Waals surface area (Å²) in [5, 5.41) is 3.07. The molecule has 1 N–H and O–H groups in total. The van der Waals surface area contributed by atoms with Gasteiger partial charge in [0.05, 0.1) is 6.04 Å². The Labute approximate surface area is 116 Å². The SMILES string of the molecule is CCc1ccc(C(NC)c2ccccc2OC(F)F)o1. The number of furan rings is 1. The number of halogens is 2. The largest absolute Gasteiger partial charge is 0.464 e. The number of benzene rings is 1. The van der Waals surface area contributed by atoms with Crippen LogP contribution in [0, 0.1) is 0 Å². The Kier molecular flexibility index (Phi) is 4.74. The standard InChI is InChI=1S/C15H17F2NO2/c1-3-10-8-9-13(19-10)14(18-2)11-6-4-5-7-12(11)20-15(16)17/h4-9,14-15,18H,3H2,1-2H3. The first-order valence-electron chi connectivity index (χ1n) is 6.45. The highest BCUT2D eigenvalue weighted by molar-refractivity contribution is 5.39. The molecule has 0 fully saturated rings. The third-order valence-electron chi connectivity index (χ3n) is 3.05. The molecule has 0 bridgehead atoms. The summed E-state index contributed by atoms with van der Waals surface area (Å²) in [5.74, 6) is 1.68. The maximum absolute atomic E-state index is 12.5. The van der Waals surface area contributed by atoms with E-state index in [1.54, 1.807) is 25.2 Å². The molecule has 1 aromatic heterocycles. The summed E-state index contributed by atoms with van der Waals surface area (Å²) in [6, 6.07) is 10.1. The second-order valence-electron chi connectivity index (χ2n) is 4.30. The Hall–Kier alpha value is -1.88. The van der Waals surface area contributed by atoms with Crippen LogP contribution in [0.25, 0.3) is 0 Å². The van der Waals surface area contributed by atoms with Gasteiger partial charge in [0.25, 0.3) is 0 Å². The highest BCUT2D eigenvalue weighted by Crippen LogP contribution is 2.31. The fourth-order valence-electron chi connectivity index (χ4n) is 2.11. The van der Waals surface area contributed by atoms with Crippen molar-refractivity contribution >= 4 is 0 Å². The van der Waals surface area contributed by atoms with Crippen molar-refractivity contribution in [2.45, 2.75) is 26.0 Å². The summed E-state index contributed by atoms with van der Waals surface area (Å²) in [4.78, 5) is 0. The Bertz CT molecular complexity index is 554. The van der Waals surface area contributed by atoms with Gasteiger partial charge in [0.1, 0.15) is 17.3 Å². The summed E-state index contributed by atoms with van der Waals surface area (Å²) in [6.45, 7) is -0.860. The van der Waals surface area contributed by atoms with Crippen molar-refractivity contribution in [3.05, 3.63) is 53.5 Å². The van der Waals surface area contributed by atoms with Gasteiger partial charge >= 0.3 is 6.61 Å². The summed E-state index contributed by atoms with van der Waals surface area (Å²) in [5.41, 5.74) is 0.618. The molecule has 1 unspecified atom stereocenters. The number of aryl methyl sites for hydroxylation is 1. The van der Waals surface area contributed by atoms with Crippen LogP contribution in [0.2, 0.25) is 0 Å². The highest BCUT2D eigenvalue weighted by atomic mass is 19.3. The maximum Gasteiger partial charge on any atom is 0.387 e. The zero-order chi connectivity index (χ0) is 14.5. The lowest BCUT2D eigenvalue weighted by Gasteiger charge is -2.18. The summed E-state index contributed by atoms with van der Waals surface area (Å²) in [6.07, 6.45) is 0.783. The highest BCUT2D eigenvalue weighted by Gasteiger charge is 2.21. The van der Waals surface area contributed by atoms with Crippen LogP contribution in [0.5, 0.6) is 5.75 Å². The predicted octanol–water partition coefficient (Wildman–Crippen LogP) is 3.75. The molecule has 5 heteroatoms. The average molecular weight is 281 g/mol. The zero-order valence-corrected chi connectivity index (χ0v) is 11.4. The van der Waals surface area contributed by atoms with Crippen LogP contribution in [0.4, 0.5) is 8.78 Å². The van der Waals surface area contributed by atoms with E-state index in [9.17, 15) is 8.78 Å². The van der Waals surface area contributed by atoms with E-state index in [1.165, 1.54) is 6.07 Å². The van der Waals surface area contributed by atoms with E-state index in [4.69, 9.17) is 4.42 Å². The van der Waals surface area contributed by atoms with Crippen LogP contribution in [-0.4, -0.2) is 13.7 Å². The van der Waals surface area contributed by atoms with E-state index >= 15 is 0 Å². The lowest BCUT2D eigenvalue weighted by atomic mass is 10.0. The van der Waals surface area contributed by atoms with E-state index in [2.05, 4.69) is 10.1 Å². The first-order valence-corrected chi connectivity index (χ1v) is 6.45. The fourth-order valence-corrected chi connectivity index (χ4v) is 2.11. The molecule has 2 rings (SSSR count). The van der Waals surface area contributed by atoms with Crippen molar-refractivity contribution in [2.24, 2.45) is 0 Å². The molecule has 0 aliphatic carbocycles. The van der Waals surface area contributed by atoms with Crippen LogP contribution in [-0.2, 0) is 6.42 Å². The van der Waals surface area contributed by atoms with Crippen molar-refractivity contribution in [3.8, 4) is 5.75 Å². The zero-order valence-electron chi connectivity index (χ0n) is 11.4. The molecule has 1 aromatic carbocycles. The van der Waals surface area contributed by atoms with Gasteiger partial charge < -0.3 is 14.5 Å². The normalized spacial score (nSPS) is 12.7. The van der Waals surface area contributed by atoms with Crippen LogP contribution in [0.3, 0.4) is 0 Å². The lowest BCUT2D eigenvalue weighted by Crippen LogP contribution is -2.18. The maximum atomic E-state index is 12.5. The number of alkyl halides is 2. The lowest BCUT2D eigenvalue weighted by molar-refractivity contribution is -0.0506. The molecular weight excluding hydrogens is 264 g/mol. The average Bonchev–Trinajstić information content (AvgIpc) is 2.90. The fraction of sp³-hybridized carbons (Fsp3) is 0.333. The third-order valence-corrected chi connectivity index (χ3v) is 3.05. The second-order valence-corrected chi connectivity index (χ2v) is 4.30. The van der Waals surface area contributed by atoms with Crippen LogP contribution >= 0.6 is 0 Å². The monoisotopic (exact) mass is 281 g/mol. The smallest absolute Gasteiger partial charge is 0.387 e. The van der Waals surface area contributed by atoms with Gasteiger partial charge in [-0.25, -0.2) is 0 Å². The van der Waals surface area contributed by atoms with Crippen LogP contribution < -0.4 is 10.1 Å². The Morgan fingerprint density at radius 2 is 1.95 bits per heavy atom. The molecule has 108 valence electrons. The molecule has 20 heavy (non-hydrogen) atoms. The van der Waals surface area contributed by atoms with E-state index in [0.29, 0.717) is 11.3 Å². The molecule has 0 aliphatic heterocycles. The summed E-state index contributed by atoms with van der Waals surface area (Å²) in [7, 11) is 1.75. The van der Waals surface area contributed by atoms with Crippen molar-refractivity contribution in [1.82, 2.24) is 5.32 Å². The minimum absolute atomic E-state index is 0.149. The van der Waals surface area contributed by atoms with Gasteiger partial charge in [-0.2, -0.15) is 8.78 Å². The Morgan fingerprint density at radius 3 is 2.55 bits per heavy atom. The molecule has 0 aliphatic rings. The molecule has 0 radical (unpaired) electrons. The van der Waals surface area contributed by atoms with E-state index in [1.807, 2.05) is 19.1 Å². The molecule has 0 spiro atoms. The molecule has 0 saturated heterocycles. The van der Waals surface area contributed by atoms with Gasteiger partial charge in [0.2, 0.25) is 0 Å². The third kappa shape index (κ3) is 3.17. The molecule has 1 atom stereocenters. The van der Waals surface area contributed by atoms with Crippen molar-refractivity contribution in [3.63, 3.8) is 0 Å². The molecular formula is C15H17F2NO2. The van der Waals surface area contributed by atoms with Crippen molar-refractivity contribution in [1.29, 1.82) is 0 Å². The number of hydrogen-bond donors (Lipinski definition) is 1. The molecule has 3 nitrogen and oxygen atoms in total. The van der Waals surface area contributed by atoms with Crippen LogP contribution in [0.1, 0.15) is 30.0 Å². The van der Waals surface area contributed by atoms with E-state index in [-0.39, 0.29) is 11.8 Å². The summed E-state index contributed by atoms with van der Waals surface area (Å²) >= 11 is 0. The topological polar surface area (TPSA) is 34.4 Å². The first kappa shape index (κ1) is 14.5. The number of nitrogens with one attached hydrogen (secondary N) is 1. The van der Waals surface area contributed by atoms with Gasteiger partial charge in [-0.15, -0.1) is 0 Å². The number of rotatable bonds is 6. The minimum atomic E-state index is -2.85. The first-order chi connectivity index (χ1) is 9.65. The van der Waals surface area contributed by atoms with Gasteiger partial charge in [-0.1, -0.05) is 25.1 Å². The van der Waals surface area contributed by atoms with Gasteiger partial charge in [-0.05, 0) is 25.2 Å². The van der Waals surface area contributed by atoms with Gasteiger partial charge in [0.15, 0.2) is 0 Å². The Morgan fingerprint density at radius 1 is 1.20 bits per heavy atom. The van der Waals surface area contributed by atoms with Crippen molar-refractivity contribution in [2.75, 3.05) is 7.05 Å². The van der Waals surface area contributed by atoms with Gasteiger partial charge in [0, 0.05) is 12.0 Å². The number of hydrogen-bond acceptors (Lipinski definition) is 3. The Balaban J connectivity index is 2.36. The quantitative estimate of drug-likeness (QED) is 0.875. The van der Waals surface area contributed by atoms with Gasteiger partial charge in [-0.3, -0.25) is 0 Å². The predicted molar refractivity (Wildman–Crippen MR) is 72.1 cm³/mol. The molecule has 2 aromatic rings. The summed E-state index contributed by atoms with van der Waals surface area (Å²) < 4.78 is 35.2. The number of ether oxygens (including phenoxy) is 1. The van der Waals surface area contributed by atoms with E-state index < -0.39 is 6.61 Å². The molecule has 1 heterocycles. The molecule has 0 amide bonds. The number of para-hydroxylation sites is 1. The van der Waals surface area contributed by atoms with Crippen LogP contribution in [0.15, 0.2) is 40.8 Å². The molecule has 0 saturated carbocycles. The minimum Gasteiger partial charge on any atom is -0.464 e. The van der Waals surface area contributed by atoms with E-state index in [0.717, 1.165) is 12.2 Å². The second kappa shape index (κ2) is 6.52.